The number of hydrogen-bond acceptors (Lipinski definition) is 4. The molecule has 0 aromatic carbocycles. The number of ether oxygens (including phenoxy) is 2. The van der Waals surface area contributed by atoms with Crippen molar-refractivity contribution in [3.63, 3.8) is 0 Å². The molecule has 0 spiro atoms. The highest BCUT2D eigenvalue weighted by Gasteiger charge is 2.17. The molecule has 26 heavy (non-hydrogen) atoms. The quantitative estimate of drug-likeness (QED) is 0.309. The van der Waals surface area contributed by atoms with E-state index < -0.39 is 0 Å². The monoisotopic (exact) mass is 368 g/mol. The first-order valence-electron chi connectivity index (χ1n) is 10.2. The van der Waals surface area contributed by atoms with Gasteiger partial charge in [-0.2, -0.15) is 0 Å². The molecule has 2 aliphatic rings. The lowest BCUT2D eigenvalue weighted by Gasteiger charge is -2.20. The average molecular weight is 369 g/mol. The van der Waals surface area contributed by atoms with Crippen molar-refractivity contribution in [2.75, 3.05) is 46.5 Å². The highest BCUT2D eigenvalue weighted by molar-refractivity contribution is 5.79. The summed E-state index contributed by atoms with van der Waals surface area (Å²) in [6, 6.07) is 0. The number of rotatable bonds is 10. The molecular formula is C19H36N4O3. The maximum absolute atomic E-state index is 12.0. The van der Waals surface area contributed by atoms with Crippen LogP contribution in [0, 0.1) is 5.92 Å². The van der Waals surface area contributed by atoms with Crippen LogP contribution in [0.15, 0.2) is 4.99 Å². The molecule has 1 heterocycles. The van der Waals surface area contributed by atoms with Crippen molar-refractivity contribution in [1.82, 2.24) is 16.0 Å². The molecule has 1 saturated heterocycles. The summed E-state index contributed by atoms with van der Waals surface area (Å²) < 4.78 is 11.0. The van der Waals surface area contributed by atoms with Crippen molar-refractivity contribution in [3.8, 4) is 0 Å². The molecule has 1 aliphatic heterocycles. The third-order valence-corrected chi connectivity index (χ3v) is 5.02. The molecule has 7 nitrogen and oxygen atoms in total. The van der Waals surface area contributed by atoms with Gasteiger partial charge in [0.25, 0.3) is 0 Å². The van der Waals surface area contributed by atoms with Crippen LogP contribution >= 0.6 is 0 Å². The largest absolute Gasteiger partial charge is 0.379 e. The normalized spacial score (nSPS) is 21.6. The van der Waals surface area contributed by atoms with E-state index in [1.165, 1.54) is 32.1 Å². The van der Waals surface area contributed by atoms with Crippen LogP contribution in [0.25, 0.3) is 0 Å². The summed E-state index contributed by atoms with van der Waals surface area (Å²) in [5.41, 5.74) is 0. The maximum Gasteiger partial charge on any atom is 0.220 e. The minimum absolute atomic E-state index is 0.176. The van der Waals surface area contributed by atoms with Gasteiger partial charge in [0.15, 0.2) is 5.96 Å². The van der Waals surface area contributed by atoms with Gasteiger partial charge in [-0.1, -0.05) is 19.3 Å². The van der Waals surface area contributed by atoms with E-state index in [0.717, 1.165) is 45.2 Å². The number of carbonyl (C=O) groups excluding carboxylic acids is 1. The van der Waals surface area contributed by atoms with Crippen molar-refractivity contribution in [2.24, 2.45) is 10.9 Å². The fourth-order valence-corrected chi connectivity index (χ4v) is 3.50. The van der Waals surface area contributed by atoms with E-state index in [1.54, 1.807) is 7.05 Å². The zero-order chi connectivity index (χ0) is 18.5. The van der Waals surface area contributed by atoms with Gasteiger partial charge in [0.05, 0.1) is 12.7 Å². The summed E-state index contributed by atoms with van der Waals surface area (Å²) in [6.07, 6.45) is 9.18. The summed E-state index contributed by atoms with van der Waals surface area (Å²) in [5, 5.41) is 9.49. The Bertz CT molecular complexity index is 419. The zero-order valence-corrected chi connectivity index (χ0v) is 16.2. The predicted octanol–water partition coefficient (Wildman–Crippen LogP) is 1.43. The third-order valence-electron chi connectivity index (χ3n) is 5.02. The molecule has 3 N–H and O–H groups in total. The number of hydrogen-bond donors (Lipinski definition) is 3. The van der Waals surface area contributed by atoms with Crippen molar-refractivity contribution in [1.29, 1.82) is 0 Å². The van der Waals surface area contributed by atoms with E-state index >= 15 is 0 Å². The molecule has 1 saturated carbocycles. The second-order valence-corrected chi connectivity index (χ2v) is 7.19. The Balaban J connectivity index is 1.44. The summed E-state index contributed by atoms with van der Waals surface area (Å²) in [4.78, 5) is 16.2. The molecule has 0 aromatic heterocycles. The topological polar surface area (TPSA) is 84.0 Å². The maximum atomic E-state index is 12.0. The Morgan fingerprint density at radius 3 is 2.58 bits per heavy atom. The van der Waals surface area contributed by atoms with Gasteiger partial charge in [0.1, 0.15) is 0 Å². The summed E-state index contributed by atoms with van der Waals surface area (Å²) in [7, 11) is 1.75. The van der Waals surface area contributed by atoms with Crippen molar-refractivity contribution in [2.45, 2.75) is 57.5 Å². The Morgan fingerprint density at radius 1 is 1.08 bits per heavy atom. The number of nitrogens with zero attached hydrogens (tertiary/aromatic N) is 1. The van der Waals surface area contributed by atoms with Crippen LogP contribution in [-0.4, -0.2) is 64.5 Å². The molecule has 0 aromatic rings. The number of aliphatic imine (C=N–C) groups is 1. The molecule has 150 valence electrons. The second-order valence-electron chi connectivity index (χ2n) is 7.19. The van der Waals surface area contributed by atoms with Gasteiger partial charge in [-0.3, -0.25) is 9.79 Å². The Labute approximate surface area is 157 Å². The molecule has 2 rings (SSSR count). The second kappa shape index (κ2) is 12.9. The number of guanidine groups is 1. The molecule has 7 heteroatoms. The minimum atomic E-state index is 0.176. The van der Waals surface area contributed by atoms with E-state index in [2.05, 4.69) is 20.9 Å². The van der Waals surface area contributed by atoms with Crippen LogP contribution in [0.5, 0.6) is 0 Å². The smallest absolute Gasteiger partial charge is 0.220 e. The van der Waals surface area contributed by atoms with Gasteiger partial charge in [-0.05, 0) is 31.6 Å². The van der Waals surface area contributed by atoms with Gasteiger partial charge >= 0.3 is 0 Å². The van der Waals surface area contributed by atoms with Gasteiger partial charge in [-0.15, -0.1) is 0 Å². The van der Waals surface area contributed by atoms with Crippen molar-refractivity contribution < 1.29 is 14.3 Å². The molecule has 2 fully saturated rings. The van der Waals surface area contributed by atoms with Gasteiger partial charge < -0.3 is 25.4 Å². The Hall–Kier alpha value is -1.34. The summed E-state index contributed by atoms with van der Waals surface area (Å²) >= 11 is 0. The van der Waals surface area contributed by atoms with E-state index in [9.17, 15) is 4.79 Å². The van der Waals surface area contributed by atoms with E-state index in [1.807, 2.05) is 0 Å². The first kappa shape index (κ1) is 21.0. The van der Waals surface area contributed by atoms with Crippen molar-refractivity contribution >= 4 is 11.9 Å². The van der Waals surface area contributed by atoms with E-state index in [-0.39, 0.29) is 12.0 Å². The first-order chi connectivity index (χ1) is 12.8. The van der Waals surface area contributed by atoms with Gasteiger partial charge in [0, 0.05) is 46.3 Å². The first-order valence-corrected chi connectivity index (χ1v) is 10.2. The molecule has 0 bridgehead atoms. The highest BCUT2D eigenvalue weighted by Crippen LogP contribution is 2.25. The molecule has 1 unspecified atom stereocenters. The minimum Gasteiger partial charge on any atom is -0.379 e. The van der Waals surface area contributed by atoms with Crippen LogP contribution < -0.4 is 16.0 Å². The fourth-order valence-electron chi connectivity index (χ4n) is 3.50. The standard InChI is InChI=1S/C19H36N4O3/c1-20-19(22-9-5-12-26-17-8-13-25-15-17)23-11-10-21-18(24)14-16-6-3-2-4-7-16/h16-17H,2-15H2,1H3,(H,21,24)(H2,20,22,23). The lowest BCUT2D eigenvalue weighted by molar-refractivity contribution is -0.122. The van der Waals surface area contributed by atoms with Crippen LogP contribution in [-0.2, 0) is 14.3 Å². The van der Waals surface area contributed by atoms with E-state index in [0.29, 0.717) is 25.4 Å². The van der Waals surface area contributed by atoms with Gasteiger partial charge in [0.2, 0.25) is 5.91 Å². The SMILES string of the molecule is CN=C(NCCCOC1CCOC1)NCCNC(=O)CC1CCCCC1. The number of amides is 1. The average Bonchev–Trinajstić information content (AvgIpc) is 3.17. The summed E-state index contributed by atoms with van der Waals surface area (Å²) in [5.74, 6) is 1.52. The molecule has 0 radical (unpaired) electrons. The number of carbonyl (C=O) groups is 1. The number of nitrogens with one attached hydrogen (secondary N) is 3. The molecule has 1 aliphatic carbocycles. The van der Waals surface area contributed by atoms with Crippen LogP contribution in [0.3, 0.4) is 0 Å². The van der Waals surface area contributed by atoms with Crippen molar-refractivity contribution in [3.05, 3.63) is 0 Å². The van der Waals surface area contributed by atoms with Crippen LogP contribution in [0.1, 0.15) is 51.4 Å². The molecule has 1 atom stereocenters. The molecule has 1 amide bonds. The van der Waals surface area contributed by atoms with Gasteiger partial charge in [-0.25, -0.2) is 0 Å². The third kappa shape index (κ3) is 8.85. The summed E-state index contributed by atoms with van der Waals surface area (Å²) in [6.45, 7) is 4.37. The van der Waals surface area contributed by atoms with Crippen LogP contribution in [0.2, 0.25) is 0 Å². The highest BCUT2D eigenvalue weighted by atomic mass is 16.5. The molecular weight excluding hydrogens is 332 g/mol. The zero-order valence-electron chi connectivity index (χ0n) is 16.2. The Kier molecular flexibility index (Phi) is 10.4. The lowest BCUT2D eigenvalue weighted by atomic mass is 9.87. The van der Waals surface area contributed by atoms with E-state index in [4.69, 9.17) is 9.47 Å². The fraction of sp³-hybridized carbons (Fsp3) is 0.895. The lowest BCUT2D eigenvalue weighted by Crippen LogP contribution is -2.42. The predicted molar refractivity (Wildman–Crippen MR) is 103 cm³/mol. The Morgan fingerprint density at radius 2 is 1.85 bits per heavy atom. The van der Waals surface area contributed by atoms with Crippen LogP contribution in [0.4, 0.5) is 0 Å².